The molecule has 5 nitrogen and oxygen atoms in total. The van der Waals surface area contributed by atoms with E-state index in [9.17, 15) is 21.6 Å². The summed E-state index contributed by atoms with van der Waals surface area (Å²) in [5.74, 6) is -0.459. The maximum absolute atomic E-state index is 11.9. The van der Waals surface area contributed by atoms with E-state index in [0.717, 1.165) is 6.07 Å². The van der Waals surface area contributed by atoms with Gasteiger partial charge in [-0.1, -0.05) is 0 Å². The minimum atomic E-state index is -4.41. The van der Waals surface area contributed by atoms with Gasteiger partial charge in [-0.15, -0.1) is 0 Å². The summed E-state index contributed by atoms with van der Waals surface area (Å²) in [4.78, 5) is -0.314. The lowest BCUT2D eigenvalue weighted by molar-refractivity contribution is -0.0327. The van der Waals surface area contributed by atoms with Gasteiger partial charge >= 0.3 is 5.51 Å². The number of hydrogen-bond donors (Lipinski definition) is 2. The van der Waals surface area contributed by atoms with Crippen LogP contribution in [0.3, 0.4) is 0 Å². The lowest BCUT2D eigenvalue weighted by Gasteiger charge is -2.09. The number of sulfonamides is 1. The number of hydrogen-bond acceptors (Lipinski definition) is 5. The maximum atomic E-state index is 11.9. The highest BCUT2D eigenvalue weighted by Gasteiger charge is 2.28. The third kappa shape index (κ3) is 4.92. The van der Waals surface area contributed by atoms with Gasteiger partial charge in [0.1, 0.15) is 6.07 Å². The van der Waals surface area contributed by atoms with Crippen LogP contribution in [0, 0.1) is 11.3 Å². The molecule has 0 radical (unpaired) electrons. The predicted molar refractivity (Wildman–Crippen MR) is 69.3 cm³/mol. The molecule has 0 aliphatic carbocycles. The molecule has 0 bridgehead atoms. The first-order chi connectivity index (χ1) is 9.15. The Morgan fingerprint density at radius 1 is 1.40 bits per heavy atom. The molecule has 1 aromatic carbocycles. The van der Waals surface area contributed by atoms with E-state index in [1.807, 2.05) is 4.72 Å². The number of rotatable bonds is 5. The minimum Gasteiger partial charge on any atom is -0.399 e. The molecule has 3 N–H and O–H groups in total. The van der Waals surface area contributed by atoms with Crippen LogP contribution in [-0.4, -0.2) is 26.2 Å². The highest BCUT2D eigenvalue weighted by atomic mass is 32.2. The van der Waals surface area contributed by atoms with Crippen molar-refractivity contribution < 1.29 is 21.6 Å². The van der Waals surface area contributed by atoms with E-state index >= 15 is 0 Å². The molecule has 0 spiro atoms. The van der Waals surface area contributed by atoms with Crippen molar-refractivity contribution in [2.45, 2.75) is 10.4 Å². The summed E-state index contributed by atoms with van der Waals surface area (Å²) in [6.07, 6.45) is 0. The van der Waals surface area contributed by atoms with E-state index in [1.54, 1.807) is 6.07 Å². The predicted octanol–water partition coefficient (Wildman–Crippen LogP) is 1.67. The van der Waals surface area contributed by atoms with Gasteiger partial charge in [0.05, 0.1) is 10.5 Å². The standard InChI is InChI=1S/C10H10F3N3O2S2/c11-10(12,13)19-4-3-16-20(17,18)9-2-1-8(15)5-7(9)6-14/h1-2,5,16H,3-4,15H2. The van der Waals surface area contributed by atoms with Crippen LogP contribution >= 0.6 is 11.8 Å². The number of nitrogens with one attached hydrogen (secondary N) is 1. The summed E-state index contributed by atoms with van der Waals surface area (Å²) in [7, 11) is -4.05. The van der Waals surface area contributed by atoms with Gasteiger partial charge in [-0.3, -0.25) is 0 Å². The Hall–Kier alpha value is -1.44. The average molecular weight is 325 g/mol. The molecule has 10 heteroatoms. The first-order valence-electron chi connectivity index (χ1n) is 5.16. The number of nitrogen functional groups attached to an aromatic ring is 1. The number of anilines is 1. The topological polar surface area (TPSA) is 96.0 Å². The molecule has 20 heavy (non-hydrogen) atoms. The molecule has 1 rings (SSSR count). The van der Waals surface area contributed by atoms with Crippen molar-refractivity contribution >= 4 is 27.5 Å². The molecule has 110 valence electrons. The zero-order valence-corrected chi connectivity index (χ0v) is 11.6. The number of benzene rings is 1. The summed E-state index contributed by atoms with van der Waals surface area (Å²) in [6.45, 7) is -0.401. The molecule has 0 unspecified atom stereocenters. The van der Waals surface area contributed by atoms with Crippen LogP contribution in [0.25, 0.3) is 0 Å². The number of nitrogens with two attached hydrogens (primary N) is 1. The van der Waals surface area contributed by atoms with E-state index < -0.39 is 27.8 Å². The first-order valence-corrected chi connectivity index (χ1v) is 7.62. The molecule has 0 saturated heterocycles. The van der Waals surface area contributed by atoms with E-state index in [-0.39, 0.29) is 27.9 Å². The van der Waals surface area contributed by atoms with Crippen molar-refractivity contribution in [3.8, 4) is 6.07 Å². The minimum absolute atomic E-state index is 0.166. The summed E-state index contributed by atoms with van der Waals surface area (Å²) in [6, 6.07) is 5.28. The summed E-state index contributed by atoms with van der Waals surface area (Å²) in [5, 5.41) is 8.83. The smallest absolute Gasteiger partial charge is 0.399 e. The van der Waals surface area contributed by atoms with Gasteiger partial charge in [-0.2, -0.15) is 18.4 Å². The Morgan fingerprint density at radius 2 is 2.05 bits per heavy atom. The van der Waals surface area contributed by atoms with Crippen LogP contribution in [0.5, 0.6) is 0 Å². The molecule has 0 fully saturated rings. The fourth-order valence-electron chi connectivity index (χ4n) is 1.29. The maximum Gasteiger partial charge on any atom is 0.441 e. The van der Waals surface area contributed by atoms with Gasteiger partial charge in [-0.05, 0) is 30.0 Å². The van der Waals surface area contributed by atoms with Crippen molar-refractivity contribution in [2.75, 3.05) is 18.0 Å². The van der Waals surface area contributed by atoms with Crippen LogP contribution < -0.4 is 10.5 Å². The second-order valence-electron chi connectivity index (χ2n) is 3.56. The zero-order valence-electron chi connectivity index (χ0n) is 9.94. The molecule has 0 aromatic heterocycles. The summed E-state index contributed by atoms with van der Waals surface area (Å²) >= 11 is -0.330. The molecule has 0 amide bonds. The molecule has 0 saturated carbocycles. The summed E-state index contributed by atoms with van der Waals surface area (Å²) in [5.41, 5.74) is 1.06. The Bertz CT molecular complexity index is 624. The van der Waals surface area contributed by atoms with E-state index in [2.05, 4.69) is 0 Å². The van der Waals surface area contributed by atoms with Crippen LogP contribution in [0.1, 0.15) is 5.56 Å². The number of alkyl halides is 3. The lowest BCUT2D eigenvalue weighted by Crippen LogP contribution is -2.27. The van der Waals surface area contributed by atoms with Crippen molar-refractivity contribution in [1.29, 1.82) is 5.26 Å². The van der Waals surface area contributed by atoms with Gasteiger partial charge in [0.2, 0.25) is 10.0 Å². The largest absolute Gasteiger partial charge is 0.441 e. The lowest BCUT2D eigenvalue weighted by atomic mass is 10.2. The van der Waals surface area contributed by atoms with Crippen molar-refractivity contribution in [3.63, 3.8) is 0 Å². The molecule has 1 aromatic rings. The quantitative estimate of drug-likeness (QED) is 0.634. The Kier molecular flexibility index (Phi) is 5.27. The average Bonchev–Trinajstić information content (AvgIpc) is 2.33. The number of halogens is 3. The van der Waals surface area contributed by atoms with Gasteiger partial charge < -0.3 is 5.73 Å². The van der Waals surface area contributed by atoms with Crippen LogP contribution in [0.2, 0.25) is 0 Å². The Labute approximate surface area is 118 Å². The third-order valence-corrected chi connectivity index (χ3v) is 4.33. The monoisotopic (exact) mass is 325 g/mol. The van der Waals surface area contributed by atoms with Gasteiger partial charge in [0, 0.05) is 18.0 Å². The Balaban J connectivity index is 2.78. The SMILES string of the molecule is N#Cc1cc(N)ccc1S(=O)(=O)NCCSC(F)(F)F. The highest BCUT2D eigenvalue weighted by Crippen LogP contribution is 2.29. The van der Waals surface area contributed by atoms with Crippen LogP contribution in [-0.2, 0) is 10.0 Å². The zero-order chi connectivity index (χ0) is 15.4. The van der Waals surface area contributed by atoms with Crippen molar-refractivity contribution in [3.05, 3.63) is 23.8 Å². The first kappa shape index (κ1) is 16.6. The molecular weight excluding hydrogens is 315 g/mol. The fraction of sp³-hybridized carbons (Fsp3) is 0.300. The molecule has 0 aliphatic rings. The fourth-order valence-corrected chi connectivity index (χ4v) is 3.02. The van der Waals surface area contributed by atoms with Crippen LogP contribution in [0.4, 0.5) is 18.9 Å². The number of thioether (sulfide) groups is 1. The molecule has 0 heterocycles. The molecule has 0 aliphatic heterocycles. The van der Waals surface area contributed by atoms with Gasteiger partial charge in [0.15, 0.2) is 0 Å². The van der Waals surface area contributed by atoms with Gasteiger partial charge in [-0.25, -0.2) is 13.1 Å². The number of nitrogens with zero attached hydrogens (tertiary/aromatic N) is 1. The van der Waals surface area contributed by atoms with Crippen LogP contribution in [0.15, 0.2) is 23.1 Å². The summed E-state index contributed by atoms with van der Waals surface area (Å²) < 4.78 is 61.4. The number of nitriles is 1. The van der Waals surface area contributed by atoms with Crippen molar-refractivity contribution in [2.24, 2.45) is 0 Å². The normalized spacial score (nSPS) is 12.1. The van der Waals surface area contributed by atoms with E-state index in [0.29, 0.717) is 0 Å². The van der Waals surface area contributed by atoms with E-state index in [4.69, 9.17) is 11.0 Å². The second kappa shape index (κ2) is 6.34. The Morgan fingerprint density at radius 3 is 2.60 bits per heavy atom. The second-order valence-corrected chi connectivity index (χ2v) is 6.45. The van der Waals surface area contributed by atoms with Gasteiger partial charge in [0.25, 0.3) is 0 Å². The van der Waals surface area contributed by atoms with Crippen molar-refractivity contribution in [1.82, 2.24) is 4.72 Å². The molecular formula is C10H10F3N3O2S2. The highest BCUT2D eigenvalue weighted by molar-refractivity contribution is 8.00. The van der Waals surface area contributed by atoms with E-state index in [1.165, 1.54) is 12.1 Å². The molecule has 0 atom stereocenters. The third-order valence-electron chi connectivity index (χ3n) is 2.07.